The molecule has 4 nitrogen and oxygen atoms in total. The van der Waals surface area contributed by atoms with E-state index in [0.29, 0.717) is 17.9 Å². The summed E-state index contributed by atoms with van der Waals surface area (Å²) in [5.74, 6) is 0.503. The van der Waals surface area contributed by atoms with Gasteiger partial charge in [0.25, 0.3) is 0 Å². The van der Waals surface area contributed by atoms with Gasteiger partial charge in [-0.3, -0.25) is 0 Å². The Bertz CT molecular complexity index is 584. The lowest BCUT2D eigenvalue weighted by Crippen LogP contribution is -3.16. The number of ether oxygens (including phenoxy) is 1. The fourth-order valence-electron chi connectivity index (χ4n) is 4.96. The second-order valence-corrected chi connectivity index (χ2v) is 9.44. The fourth-order valence-corrected chi connectivity index (χ4v) is 4.96. The first-order valence-corrected chi connectivity index (χ1v) is 10.4. The molecule has 3 rings (SSSR count). The van der Waals surface area contributed by atoms with Crippen molar-refractivity contribution in [1.82, 2.24) is 0 Å². The maximum atomic E-state index is 13.1. The van der Waals surface area contributed by atoms with Gasteiger partial charge in [-0.15, -0.1) is 0 Å². The van der Waals surface area contributed by atoms with E-state index in [9.17, 15) is 9.50 Å². The molecule has 0 unspecified atom stereocenters. The van der Waals surface area contributed by atoms with Crippen LogP contribution in [-0.4, -0.2) is 56.6 Å². The average molecular weight is 380 g/mol. The van der Waals surface area contributed by atoms with Crippen LogP contribution in [0.2, 0.25) is 0 Å². The number of hydrogen-bond acceptors (Lipinski definition) is 3. The van der Waals surface area contributed by atoms with Gasteiger partial charge in [-0.25, -0.2) is 4.39 Å². The highest BCUT2D eigenvalue weighted by molar-refractivity contribution is 5.46. The van der Waals surface area contributed by atoms with Gasteiger partial charge in [0.2, 0.25) is 0 Å². The topological polar surface area (TPSA) is 37.1 Å². The van der Waals surface area contributed by atoms with Crippen LogP contribution in [0.15, 0.2) is 24.3 Å². The molecule has 5 heteroatoms. The highest BCUT2D eigenvalue weighted by Crippen LogP contribution is 2.39. The minimum absolute atomic E-state index is 0.193. The molecule has 1 heterocycles. The van der Waals surface area contributed by atoms with Crippen molar-refractivity contribution in [2.45, 2.75) is 52.2 Å². The summed E-state index contributed by atoms with van der Waals surface area (Å²) in [5.41, 5.74) is 1.42. The number of hydrogen-bond donors (Lipinski definition) is 2. The summed E-state index contributed by atoms with van der Waals surface area (Å²) >= 11 is 0. The predicted molar refractivity (Wildman–Crippen MR) is 107 cm³/mol. The molecule has 1 saturated carbocycles. The molecule has 0 amide bonds. The number of aliphatic hydroxyl groups excluding tert-OH is 1. The number of anilines is 1. The van der Waals surface area contributed by atoms with E-state index >= 15 is 0 Å². The Kier molecular flexibility index (Phi) is 6.77. The lowest BCUT2D eigenvalue weighted by molar-refractivity contribution is -0.903. The van der Waals surface area contributed by atoms with Crippen LogP contribution in [0.3, 0.4) is 0 Å². The molecule has 2 fully saturated rings. The van der Waals surface area contributed by atoms with E-state index in [1.807, 2.05) is 12.1 Å². The van der Waals surface area contributed by atoms with Crippen molar-refractivity contribution < 1.29 is 19.1 Å². The van der Waals surface area contributed by atoms with Crippen molar-refractivity contribution in [3.05, 3.63) is 30.1 Å². The van der Waals surface area contributed by atoms with Gasteiger partial charge in [0.1, 0.15) is 18.5 Å². The molecule has 2 aliphatic rings. The molecular formula is C22H36FN2O2+. The second-order valence-electron chi connectivity index (χ2n) is 9.44. The van der Waals surface area contributed by atoms with Gasteiger partial charge in [-0.2, -0.15) is 0 Å². The first kappa shape index (κ1) is 20.6. The lowest BCUT2D eigenvalue weighted by atomic mass is 9.71. The first-order valence-electron chi connectivity index (χ1n) is 10.4. The molecule has 1 saturated heterocycles. The van der Waals surface area contributed by atoms with Gasteiger partial charge in [-0.05, 0) is 54.9 Å². The Labute approximate surface area is 163 Å². The van der Waals surface area contributed by atoms with E-state index in [-0.39, 0.29) is 11.9 Å². The zero-order chi connectivity index (χ0) is 19.4. The highest BCUT2D eigenvalue weighted by atomic mass is 19.1. The van der Waals surface area contributed by atoms with Gasteiger partial charge in [0.05, 0.1) is 38.9 Å². The van der Waals surface area contributed by atoms with Crippen LogP contribution in [0, 0.1) is 17.2 Å². The molecule has 2 N–H and O–H groups in total. The van der Waals surface area contributed by atoms with E-state index in [1.54, 1.807) is 0 Å². The van der Waals surface area contributed by atoms with Gasteiger partial charge in [0.15, 0.2) is 0 Å². The first-order chi connectivity index (χ1) is 12.8. The number of piperazine rings is 1. The zero-order valence-electron chi connectivity index (χ0n) is 17.1. The third-order valence-corrected chi connectivity index (χ3v) is 6.06. The van der Waals surface area contributed by atoms with Crippen LogP contribution < -0.4 is 9.80 Å². The van der Waals surface area contributed by atoms with Crippen molar-refractivity contribution in [3.8, 4) is 0 Å². The summed E-state index contributed by atoms with van der Waals surface area (Å²) in [4.78, 5) is 3.71. The molecule has 0 aromatic heterocycles. The molecule has 0 spiro atoms. The summed E-state index contributed by atoms with van der Waals surface area (Å²) in [6.45, 7) is 12.0. The summed E-state index contributed by atoms with van der Waals surface area (Å²) < 4.78 is 19.2. The highest BCUT2D eigenvalue weighted by Gasteiger charge is 2.33. The molecular weight excluding hydrogens is 343 g/mol. The van der Waals surface area contributed by atoms with E-state index in [4.69, 9.17) is 4.74 Å². The SMILES string of the molecule is C[C@H]1C[C@@H](OC[C@H](O)C[NH+]2CCN(c3ccc(F)cc3)CC2)CC(C)(C)C1. The molecule has 0 bridgehead atoms. The van der Waals surface area contributed by atoms with Gasteiger partial charge < -0.3 is 19.6 Å². The van der Waals surface area contributed by atoms with E-state index in [2.05, 4.69) is 25.7 Å². The van der Waals surface area contributed by atoms with Crippen molar-refractivity contribution in [3.63, 3.8) is 0 Å². The van der Waals surface area contributed by atoms with Gasteiger partial charge in [-0.1, -0.05) is 20.8 Å². The molecule has 1 aliphatic heterocycles. The monoisotopic (exact) mass is 379 g/mol. The van der Waals surface area contributed by atoms with Crippen molar-refractivity contribution >= 4 is 5.69 Å². The molecule has 1 aromatic rings. The normalized spacial score (nSPS) is 27.5. The quantitative estimate of drug-likeness (QED) is 0.795. The standard InChI is InChI=1S/C22H35FN2O2/c1-17-12-21(14-22(2,3)13-17)27-16-20(26)15-24-8-10-25(11-9-24)19-6-4-18(23)5-7-19/h4-7,17,20-21,26H,8-16H2,1-3H3/p+1/t17-,20+,21+/m0/s1. The molecule has 27 heavy (non-hydrogen) atoms. The Hall–Kier alpha value is -1.17. The van der Waals surface area contributed by atoms with Crippen LogP contribution in [-0.2, 0) is 4.74 Å². The Morgan fingerprint density at radius 2 is 1.89 bits per heavy atom. The summed E-state index contributed by atoms with van der Waals surface area (Å²) in [7, 11) is 0. The number of benzene rings is 1. The summed E-state index contributed by atoms with van der Waals surface area (Å²) in [5, 5.41) is 10.4. The van der Waals surface area contributed by atoms with Crippen molar-refractivity contribution in [2.24, 2.45) is 11.3 Å². The summed E-state index contributed by atoms with van der Waals surface area (Å²) in [6.07, 6.45) is 3.34. The Morgan fingerprint density at radius 3 is 2.52 bits per heavy atom. The lowest BCUT2D eigenvalue weighted by Gasteiger charge is -2.39. The Balaban J connectivity index is 1.38. The van der Waals surface area contributed by atoms with Crippen molar-refractivity contribution in [2.75, 3.05) is 44.2 Å². The molecule has 0 radical (unpaired) electrons. The average Bonchev–Trinajstić information content (AvgIpc) is 2.60. The van der Waals surface area contributed by atoms with Crippen LogP contribution in [0.1, 0.15) is 40.0 Å². The smallest absolute Gasteiger partial charge is 0.126 e. The van der Waals surface area contributed by atoms with Crippen LogP contribution in [0.25, 0.3) is 0 Å². The molecule has 152 valence electrons. The van der Waals surface area contributed by atoms with Crippen LogP contribution in [0.5, 0.6) is 0 Å². The maximum absolute atomic E-state index is 13.1. The Morgan fingerprint density at radius 1 is 1.22 bits per heavy atom. The zero-order valence-corrected chi connectivity index (χ0v) is 17.1. The number of aliphatic hydroxyl groups is 1. The summed E-state index contributed by atoms with van der Waals surface area (Å²) in [6, 6.07) is 6.72. The largest absolute Gasteiger partial charge is 0.385 e. The van der Waals surface area contributed by atoms with Crippen molar-refractivity contribution in [1.29, 1.82) is 0 Å². The number of halogens is 1. The van der Waals surface area contributed by atoms with E-state index in [1.165, 1.54) is 23.5 Å². The maximum Gasteiger partial charge on any atom is 0.126 e. The molecule has 1 aromatic carbocycles. The number of nitrogens with one attached hydrogen (secondary N) is 1. The van der Waals surface area contributed by atoms with E-state index < -0.39 is 6.10 Å². The molecule has 1 aliphatic carbocycles. The number of nitrogens with zero attached hydrogens (tertiary/aromatic N) is 1. The third-order valence-electron chi connectivity index (χ3n) is 6.06. The minimum atomic E-state index is -0.405. The van der Waals surface area contributed by atoms with Crippen LogP contribution >= 0.6 is 0 Å². The molecule has 3 atom stereocenters. The predicted octanol–water partition coefficient (Wildman–Crippen LogP) is 2.12. The number of rotatable bonds is 6. The van der Waals surface area contributed by atoms with E-state index in [0.717, 1.165) is 51.3 Å². The minimum Gasteiger partial charge on any atom is -0.385 e. The van der Waals surface area contributed by atoms with Crippen LogP contribution in [0.4, 0.5) is 10.1 Å². The number of quaternary nitrogens is 1. The fraction of sp³-hybridized carbons (Fsp3) is 0.727. The van der Waals surface area contributed by atoms with Gasteiger partial charge >= 0.3 is 0 Å². The second kappa shape index (κ2) is 8.89. The van der Waals surface area contributed by atoms with Gasteiger partial charge in [0, 0.05) is 5.69 Å². The third kappa shape index (κ3) is 6.16.